The average molecular weight is 352 g/mol. The summed E-state index contributed by atoms with van der Waals surface area (Å²) in [7, 11) is 0. The van der Waals surface area contributed by atoms with Gasteiger partial charge in [-0.3, -0.25) is 0 Å². The summed E-state index contributed by atoms with van der Waals surface area (Å²) in [4.78, 5) is 0. The first-order chi connectivity index (χ1) is 12.0. The molecular weight excluding hydrogens is 326 g/mol. The minimum Gasteiger partial charge on any atom is -0.374 e. The molecule has 5 heteroatoms. The molecule has 2 aliphatic rings. The van der Waals surface area contributed by atoms with Crippen molar-refractivity contribution in [1.29, 1.82) is 0 Å². The third-order valence-corrected chi connectivity index (χ3v) is 5.00. The van der Waals surface area contributed by atoms with Crippen LogP contribution in [-0.2, 0) is 14.2 Å². The Bertz CT molecular complexity index is 589. The Morgan fingerprint density at radius 2 is 2.00 bits per heavy atom. The van der Waals surface area contributed by atoms with E-state index < -0.39 is 12.0 Å². The molecule has 0 N–H and O–H groups in total. The molecule has 0 aliphatic carbocycles. The van der Waals surface area contributed by atoms with Crippen LogP contribution in [-0.4, -0.2) is 31.6 Å². The number of halogens is 2. The highest BCUT2D eigenvalue weighted by atomic mass is 19.1. The topological polar surface area (TPSA) is 27.7 Å². The van der Waals surface area contributed by atoms with Gasteiger partial charge in [0, 0.05) is 11.5 Å². The number of alkyl halides is 1. The van der Waals surface area contributed by atoms with Gasteiger partial charge in [0.25, 0.3) is 0 Å². The van der Waals surface area contributed by atoms with Crippen LogP contribution >= 0.6 is 0 Å². The largest absolute Gasteiger partial charge is 0.374 e. The minimum absolute atomic E-state index is 0.0196. The lowest BCUT2D eigenvalue weighted by molar-refractivity contribution is -0.239. The van der Waals surface area contributed by atoms with Crippen LogP contribution in [0.5, 0.6) is 0 Å². The van der Waals surface area contributed by atoms with Gasteiger partial charge in [0.05, 0.1) is 25.9 Å². The van der Waals surface area contributed by atoms with E-state index in [1.54, 1.807) is 18.2 Å². The number of hydrogen-bond donors (Lipinski definition) is 0. The maximum absolute atomic E-state index is 14.6. The first-order valence-electron chi connectivity index (χ1n) is 9.00. The quantitative estimate of drug-likeness (QED) is 0.711. The zero-order valence-electron chi connectivity index (χ0n) is 14.7. The highest BCUT2D eigenvalue weighted by molar-refractivity contribution is 5.28. The van der Waals surface area contributed by atoms with Crippen LogP contribution in [0.2, 0.25) is 0 Å². The maximum Gasteiger partial charge on any atom is 0.184 e. The van der Waals surface area contributed by atoms with Crippen molar-refractivity contribution in [3.05, 3.63) is 47.8 Å². The van der Waals surface area contributed by atoms with Gasteiger partial charge in [-0.15, -0.1) is 6.58 Å². The molecule has 2 atom stereocenters. The van der Waals surface area contributed by atoms with E-state index in [1.807, 2.05) is 6.92 Å². The van der Waals surface area contributed by atoms with Crippen LogP contribution in [0, 0.1) is 5.82 Å². The lowest BCUT2D eigenvalue weighted by atomic mass is 9.90. The number of rotatable bonds is 5. The molecule has 0 amide bonds. The van der Waals surface area contributed by atoms with E-state index in [0.29, 0.717) is 24.2 Å². The van der Waals surface area contributed by atoms with E-state index in [2.05, 4.69) is 6.58 Å². The molecular formula is C20H26F2O3. The molecule has 2 aliphatic heterocycles. The molecule has 2 heterocycles. The van der Waals surface area contributed by atoms with Gasteiger partial charge in [-0.2, -0.15) is 0 Å². The second kappa shape index (κ2) is 7.94. The molecule has 138 valence electrons. The van der Waals surface area contributed by atoms with Gasteiger partial charge in [0.1, 0.15) is 5.82 Å². The van der Waals surface area contributed by atoms with Crippen LogP contribution in [0.3, 0.4) is 0 Å². The van der Waals surface area contributed by atoms with Crippen molar-refractivity contribution < 1.29 is 23.0 Å². The lowest BCUT2D eigenvalue weighted by Gasteiger charge is -2.34. The van der Waals surface area contributed by atoms with Gasteiger partial charge in [-0.1, -0.05) is 31.6 Å². The van der Waals surface area contributed by atoms with Gasteiger partial charge >= 0.3 is 0 Å². The molecule has 0 spiro atoms. The third kappa shape index (κ3) is 4.27. The normalized spacial score (nSPS) is 33.2. The van der Waals surface area contributed by atoms with Gasteiger partial charge in [-0.25, -0.2) is 8.78 Å². The first-order valence-corrected chi connectivity index (χ1v) is 9.00. The molecule has 2 unspecified atom stereocenters. The molecule has 3 nitrogen and oxygen atoms in total. The molecule has 1 aromatic rings. The van der Waals surface area contributed by atoms with Crippen molar-refractivity contribution in [2.75, 3.05) is 19.8 Å². The van der Waals surface area contributed by atoms with Gasteiger partial charge < -0.3 is 14.2 Å². The fourth-order valence-electron chi connectivity index (χ4n) is 3.55. The number of benzene rings is 1. The van der Waals surface area contributed by atoms with Crippen LogP contribution in [0.1, 0.15) is 55.9 Å². The summed E-state index contributed by atoms with van der Waals surface area (Å²) in [5, 5.41) is 0. The van der Waals surface area contributed by atoms with E-state index >= 15 is 0 Å². The Morgan fingerprint density at radius 1 is 1.24 bits per heavy atom. The van der Waals surface area contributed by atoms with Crippen LogP contribution in [0.15, 0.2) is 30.9 Å². The van der Waals surface area contributed by atoms with Crippen molar-refractivity contribution in [1.82, 2.24) is 0 Å². The number of hydrogen-bond acceptors (Lipinski definition) is 3. The minimum atomic E-state index is -1.44. The summed E-state index contributed by atoms with van der Waals surface area (Å²) < 4.78 is 45.6. The van der Waals surface area contributed by atoms with Gasteiger partial charge in [-0.05, 0) is 30.9 Å². The Balaban J connectivity index is 1.64. The van der Waals surface area contributed by atoms with Crippen molar-refractivity contribution in [3.8, 4) is 0 Å². The summed E-state index contributed by atoms with van der Waals surface area (Å²) in [5.74, 6) is -0.248. The Hall–Kier alpha value is -1.30. The smallest absolute Gasteiger partial charge is 0.184 e. The summed E-state index contributed by atoms with van der Waals surface area (Å²) in [6.07, 6.45) is 3.99. The Kier molecular flexibility index (Phi) is 5.87. The molecule has 0 saturated carbocycles. The van der Waals surface area contributed by atoms with Crippen molar-refractivity contribution >= 4 is 0 Å². The summed E-state index contributed by atoms with van der Waals surface area (Å²) in [5.41, 5.74) is -0.210. The fraction of sp³-hybridized carbons (Fsp3) is 0.600. The van der Waals surface area contributed by atoms with E-state index in [0.717, 1.165) is 19.3 Å². The first kappa shape index (κ1) is 18.5. The standard InChI is InChI=1S/C20H26F2O3/c1-3-9-20(22)12-24-19(25-13-20)14-6-8-17(18(21)10-14)15-5-7-16(4-2)23-11-15/h4,6,8,10,15-16,19H,2-3,5,7,9,11-13H2,1H3. The van der Waals surface area contributed by atoms with Crippen molar-refractivity contribution in [2.45, 2.75) is 56.6 Å². The Morgan fingerprint density at radius 3 is 2.56 bits per heavy atom. The fourth-order valence-corrected chi connectivity index (χ4v) is 3.55. The zero-order valence-corrected chi connectivity index (χ0v) is 14.7. The Labute approximate surface area is 148 Å². The van der Waals surface area contributed by atoms with Crippen molar-refractivity contribution in [2.24, 2.45) is 0 Å². The molecule has 3 rings (SSSR count). The monoisotopic (exact) mass is 352 g/mol. The molecule has 2 saturated heterocycles. The zero-order chi connectivity index (χ0) is 17.9. The van der Waals surface area contributed by atoms with E-state index in [-0.39, 0.29) is 31.1 Å². The second-order valence-electron chi connectivity index (χ2n) is 7.02. The molecule has 2 fully saturated rings. The van der Waals surface area contributed by atoms with Crippen LogP contribution in [0.25, 0.3) is 0 Å². The summed E-state index contributed by atoms with van der Waals surface area (Å²) in [6.45, 7) is 6.11. The molecule has 0 aromatic heterocycles. The summed E-state index contributed by atoms with van der Waals surface area (Å²) >= 11 is 0. The van der Waals surface area contributed by atoms with Crippen molar-refractivity contribution in [3.63, 3.8) is 0 Å². The highest BCUT2D eigenvalue weighted by Crippen LogP contribution is 2.35. The van der Waals surface area contributed by atoms with E-state index in [1.165, 1.54) is 6.07 Å². The summed E-state index contributed by atoms with van der Waals surface area (Å²) in [6, 6.07) is 5.00. The SMILES string of the molecule is C=CC1CCC(c2ccc(C3OCC(F)(CCC)CO3)cc2F)CO1. The van der Waals surface area contributed by atoms with Crippen LogP contribution in [0.4, 0.5) is 8.78 Å². The second-order valence-corrected chi connectivity index (χ2v) is 7.02. The molecule has 25 heavy (non-hydrogen) atoms. The van der Waals surface area contributed by atoms with Gasteiger partial charge in [0.2, 0.25) is 0 Å². The predicted molar refractivity (Wildman–Crippen MR) is 91.7 cm³/mol. The highest BCUT2D eigenvalue weighted by Gasteiger charge is 2.37. The maximum atomic E-state index is 14.6. The lowest BCUT2D eigenvalue weighted by Crippen LogP contribution is -2.41. The molecule has 0 bridgehead atoms. The van der Waals surface area contributed by atoms with E-state index in [4.69, 9.17) is 14.2 Å². The average Bonchev–Trinajstić information content (AvgIpc) is 2.62. The van der Waals surface area contributed by atoms with Crippen LogP contribution < -0.4 is 0 Å². The van der Waals surface area contributed by atoms with Gasteiger partial charge in [0.15, 0.2) is 12.0 Å². The molecule has 0 radical (unpaired) electrons. The predicted octanol–water partition coefficient (Wildman–Crippen LogP) is 4.83. The van der Waals surface area contributed by atoms with E-state index in [9.17, 15) is 8.78 Å². The third-order valence-electron chi connectivity index (χ3n) is 5.00. The molecule has 1 aromatic carbocycles. The number of ether oxygens (including phenoxy) is 3.